The Morgan fingerprint density at radius 3 is 2.89 bits per heavy atom. The normalized spacial score (nSPS) is 26.2. The number of hydrogen-bond donors (Lipinski definition) is 0. The first-order valence-corrected chi connectivity index (χ1v) is 10.1. The predicted molar refractivity (Wildman–Crippen MR) is 96.7 cm³/mol. The van der Waals surface area contributed by atoms with Crippen molar-refractivity contribution >= 4 is 5.91 Å². The molecule has 0 bridgehead atoms. The molecule has 3 aliphatic rings. The van der Waals surface area contributed by atoms with Crippen LogP contribution in [0.3, 0.4) is 0 Å². The molecule has 3 aliphatic heterocycles. The summed E-state index contributed by atoms with van der Waals surface area (Å²) in [7, 11) is 1.62. The molecule has 3 fully saturated rings. The number of rotatable bonds is 6. The van der Waals surface area contributed by atoms with Crippen LogP contribution < -0.4 is 0 Å². The Morgan fingerprint density at radius 2 is 2.15 bits per heavy atom. The molecule has 3 saturated heterocycles. The maximum absolute atomic E-state index is 12.4. The molecule has 0 radical (unpaired) electrons. The second-order valence-corrected chi connectivity index (χ2v) is 8.22. The number of ether oxygens (including phenoxy) is 2. The zero-order chi connectivity index (χ0) is 18.7. The number of amides is 1. The van der Waals surface area contributed by atoms with E-state index in [2.05, 4.69) is 19.9 Å². The lowest BCUT2D eigenvalue weighted by atomic mass is 9.72. The van der Waals surface area contributed by atoms with E-state index < -0.39 is 0 Å². The lowest BCUT2D eigenvalue weighted by Gasteiger charge is -2.47. The summed E-state index contributed by atoms with van der Waals surface area (Å²) in [5.74, 6) is 1.54. The number of carbonyl (C=O) groups excluding carboxylic acids is 1. The second-order valence-electron chi connectivity index (χ2n) is 8.22. The summed E-state index contributed by atoms with van der Waals surface area (Å²) in [5, 5.41) is 3.93. The molecule has 0 saturated carbocycles. The van der Waals surface area contributed by atoms with Crippen molar-refractivity contribution in [2.24, 2.45) is 5.41 Å². The zero-order valence-electron chi connectivity index (χ0n) is 16.2. The number of carbonyl (C=O) groups is 1. The van der Waals surface area contributed by atoms with Crippen LogP contribution in [0.4, 0.5) is 0 Å². The number of nitrogens with zero attached hydrogens (tertiary/aromatic N) is 4. The molecular weight excluding hydrogens is 348 g/mol. The van der Waals surface area contributed by atoms with Gasteiger partial charge < -0.3 is 18.9 Å². The first-order chi connectivity index (χ1) is 13.2. The Hall–Kier alpha value is -1.51. The van der Waals surface area contributed by atoms with Crippen molar-refractivity contribution in [3.8, 4) is 0 Å². The number of methoxy groups -OCH3 is 1. The molecule has 0 aromatic carbocycles. The van der Waals surface area contributed by atoms with Gasteiger partial charge >= 0.3 is 0 Å². The fourth-order valence-corrected chi connectivity index (χ4v) is 4.63. The van der Waals surface area contributed by atoms with Crippen molar-refractivity contribution in [2.45, 2.75) is 57.8 Å². The topological polar surface area (TPSA) is 80.9 Å². The van der Waals surface area contributed by atoms with Crippen LogP contribution in [0, 0.1) is 5.41 Å². The summed E-state index contributed by atoms with van der Waals surface area (Å²) < 4.78 is 16.1. The third kappa shape index (κ3) is 4.50. The molecule has 27 heavy (non-hydrogen) atoms. The van der Waals surface area contributed by atoms with Crippen LogP contribution in [0.2, 0.25) is 0 Å². The van der Waals surface area contributed by atoms with Crippen molar-refractivity contribution in [2.75, 3.05) is 39.9 Å². The van der Waals surface area contributed by atoms with Crippen LogP contribution in [0.25, 0.3) is 0 Å². The quantitative estimate of drug-likeness (QED) is 0.744. The van der Waals surface area contributed by atoms with Crippen LogP contribution in [0.1, 0.15) is 50.2 Å². The third-order valence-electron chi connectivity index (χ3n) is 6.26. The van der Waals surface area contributed by atoms with E-state index in [0.29, 0.717) is 37.2 Å². The molecule has 4 heterocycles. The van der Waals surface area contributed by atoms with Crippen LogP contribution in [-0.2, 0) is 27.4 Å². The zero-order valence-corrected chi connectivity index (χ0v) is 16.2. The van der Waals surface area contributed by atoms with Crippen LogP contribution in [0.15, 0.2) is 4.52 Å². The fraction of sp³-hybridized carbons (Fsp3) is 0.842. The van der Waals surface area contributed by atoms with Gasteiger partial charge in [0, 0.05) is 33.2 Å². The summed E-state index contributed by atoms with van der Waals surface area (Å²) in [6.45, 7) is 5.57. The molecule has 1 atom stereocenters. The van der Waals surface area contributed by atoms with Gasteiger partial charge in [0.15, 0.2) is 5.82 Å². The molecule has 150 valence electrons. The second kappa shape index (κ2) is 8.24. The molecule has 1 unspecified atom stereocenters. The minimum absolute atomic E-state index is 0.239. The van der Waals surface area contributed by atoms with Gasteiger partial charge in [-0.15, -0.1) is 0 Å². The van der Waals surface area contributed by atoms with E-state index in [0.717, 1.165) is 64.9 Å². The van der Waals surface area contributed by atoms with Gasteiger partial charge in [0.25, 0.3) is 0 Å². The van der Waals surface area contributed by atoms with Gasteiger partial charge in [-0.05, 0) is 50.6 Å². The highest BCUT2D eigenvalue weighted by Gasteiger charge is 2.41. The maximum Gasteiger partial charge on any atom is 0.240 e. The predicted octanol–water partition coefficient (Wildman–Crippen LogP) is 1.60. The average Bonchev–Trinajstić information content (AvgIpc) is 3.33. The molecule has 4 rings (SSSR count). The minimum Gasteiger partial charge on any atom is -0.377 e. The highest BCUT2D eigenvalue weighted by atomic mass is 16.5. The smallest absolute Gasteiger partial charge is 0.240 e. The summed E-state index contributed by atoms with van der Waals surface area (Å²) in [5.41, 5.74) is 0.263. The van der Waals surface area contributed by atoms with Gasteiger partial charge in [-0.2, -0.15) is 4.98 Å². The molecule has 0 aliphatic carbocycles. The molecule has 1 amide bonds. The van der Waals surface area contributed by atoms with Crippen molar-refractivity contribution in [1.82, 2.24) is 19.9 Å². The standard InChI is InChI=1S/C19H30N4O4/c1-25-13-16-20-17(27-21-16)12-22-8-6-19(7-9-22)5-4-18(24)23(14-19)11-15-3-2-10-26-15/h15H,2-14H2,1H3. The van der Waals surface area contributed by atoms with Gasteiger partial charge in [0.1, 0.15) is 6.61 Å². The first kappa shape index (κ1) is 18.8. The van der Waals surface area contributed by atoms with E-state index in [-0.39, 0.29) is 11.5 Å². The highest BCUT2D eigenvalue weighted by molar-refractivity contribution is 5.77. The average molecular weight is 378 g/mol. The number of likely N-dealkylation sites (tertiary alicyclic amines) is 2. The summed E-state index contributed by atoms with van der Waals surface area (Å²) in [6, 6.07) is 0. The van der Waals surface area contributed by atoms with E-state index in [1.165, 1.54) is 0 Å². The lowest BCUT2D eigenvalue weighted by Crippen LogP contribution is -2.52. The van der Waals surface area contributed by atoms with Crippen molar-refractivity contribution in [1.29, 1.82) is 0 Å². The largest absolute Gasteiger partial charge is 0.377 e. The Bertz CT molecular complexity index is 635. The summed E-state index contributed by atoms with van der Waals surface area (Å²) in [6.07, 6.45) is 6.36. The molecule has 8 heteroatoms. The molecule has 0 N–H and O–H groups in total. The van der Waals surface area contributed by atoms with Gasteiger partial charge in [0.05, 0.1) is 12.6 Å². The highest BCUT2D eigenvalue weighted by Crippen LogP contribution is 2.40. The van der Waals surface area contributed by atoms with E-state index in [1.807, 2.05) is 0 Å². The molecular formula is C19H30N4O4. The summed E-state index contributed by atoms with van der Waals surface area (Å²) >= 11 is 0. The van der Waals surface area contributed by atoms with Crippen LogP contribution in [0.5, 0.6) is 0 Å². The maximum atomic E-state index is 12.4. The van der Waals surface area contributed by atoms with Crippen molar-refractivity contribution < 1.29 is 18.8 Å². The van der Waals surface area contributed by atoms with Gasteiger partial charge in [0.2, 0.25) is 11.8 Å². The third-order valence-corrected chi connectivity index (χ3v) is 6.26. The SMILES string of the molecule is COCc1noc(CN2CCC3(CCC(=O)N(CC4CCCO4)C3)CC2)n1. The van der Waals surface area contributed by atoms with E-state index >= 15 is 0 Å². The monoisotopic (exact) mass is 378 g/mol. The van der Waals surface area contributed by atoms with E-state index in [9.17, 15) is 4.79 Å². The minimum atomic E-state index is 0.239. The number of piperidine rings is 2. The Morgan fingerprint density at radius 1 is 1.30 bits per heavy atom. The fourth-order valence-electron chi connectivity index (χ4n) is 4.63. The molecule has 1 aromatic rings. The molecule has 1 aromatic heterocycles. The van der Waals surface area contributed by atoms with Gasteiger partial charge in [-0.1, -0.05) is 5.16 Å². The van der Waals surface area contributed by atoms with Gasteiger partial charge in [-0.25, -0.2) is 0 Å². The van der Waals surface area contributed by atoms with E-state index in [4.69, 9.17) is 14.0 Å². The van der Waals surface area contributed by atoms with Gasteiger partial charge in [-0.3, -0.25) is 9.69 Å². The Kier molecular flexibility index (Phi) is 5.75. The summed E-state index contributed by atoms with van der Waals surface area (Å²) in [4.78, 5) is 21.2. The van der Waals surface area contributed by atoms with Crippen LogP contribution in [-0.4, -0.2) is 71.8 Å². The number of aromatic nitrogens is 2. The number of hydrogen-bond acceptors (Lipinski definition) is 7. The van der Waals surface area contributed by atoms with Crippen molar-refractivity contribution in [3.05, 3.63) is 11.7 Å². The van der Waals surface area contributed by atoms with Crippen molar-refractivity contribution in [3.63, 3.8) is 0 Å². The van der Waals surface area contributed by atoms with Crippen LogP contribution >= 0.6 is 0 Å². The lowest BCUT2D eigenvalue weighted by molar-refractivity contribution is -0.141. The van der Waals surface area contributed by atoms with E-state index in [1.54, 1.807) is 7.11 Å². The first-order valence-electron chi connectivity index (χ1n) is 10.1. The Labute approximate surface area is 160 Å². The molecule has 1 spiro atoms. The Balaban J connectivity index is 1.29. The molecule has 8 nitrogen and oxygen atoms in total.